The minimum Gasteiger partial charge on any atom is -0.495 e. The molecule has 1 amide bonds. The molecule has 2 rings (SSSR count). The van der Waals surface area contributed by atoms with Gasteiger partial charge in [-0.3, -0.25) is 19.2 Å². The SMILES string of the molecule is CC[C@@H](C(=O)NC1CCN(C)CC1)N(c1cc([N+](=O)[O-])ccc1OC)S(C)(=O)=O. The average molecular weight is 429 g/mol. The summed E-state index contributed by atoms with van der Waals surface area (Å²) in [7, 11) is -0.592. The topological polar surface area (TPSA) is 122 Å². The molecular formula is C18H28N4O6S. The summed E-state index contributed by atoms with van der Waals surface area (Å²) in [6.07, 6.45) is 2.71. The molecule has 0 radical (unpaired) electrons. The highest BCUT2D eigenvalue weighted by atomic mass is 32.2. The van der Waals surface area contributed by atoms with E-state index in [1.807, 2.05) is 7.05 Å². The highest BCUT2D eigenvalue weighted by Crippen LogP contribution is 2.35. The van der Waals surface area contributed by atoms with Gasteiger partial charge >= 0.3 is 0 Å². The van der Waals surface area contributed by atoms with Gasteiger partial charge in [0.15, 0.2) is 0 Å². The van der Waals surface area contributed by atoms with Crippen molar-refractivity contribution in [3.8, 4) is 5.75 Å². The minimum absolute atomic E-state index is 0.0328. The van der Waals surface area contributed by atoms with E-state index >= 15 is 0 Å². The Morgan fingerprint density at radius 2 is 2.03 bits per heavy atom. The van der Waals surface area contributed by atoms with Gasteiger partial charge in [0.1, 0.15) is 17.5 Å². The van der Waals surface area contributed by atoms with Gasteiger partial charge in [0.25, 0.3) is 5.69 Å². The molecule has 1 aromatic rings. The van der Waals surface area contributed by atoms with Crippen molar-refractivity contribution >= 4 is 27.3 Å². The number of anilines is 1. The lowest BCUT2D eigenvalue weighted by Gasteiger charge is -2.34. The number of hydrogen-bond donors (Lipinski definition) is 1. The van der Waals surface area contributed by atoms with E-state index in [4.69, 9.17) is 4.74 Å². The lowest BCUT2D eigenvalue weighted by molar-refractivity contribution is -0.384. The molecule has 0 aromatic heterocycles. The number of benzene rings is 1. The predicted molar refractivity (Wildman–Crippen MR) is 110 cm³/mol. The lowest BCUT2D eigenvalue weighted by atomic mass is 10.0. The number of methoxy groups -OCH3 is 1. The first kappa shape index (κ1) is 22.9. The lowest BCUT2D eigenvalue weighted by Crippen LogP contribution is -2.53. The molecule has 0 aliphatic carbocycles. The third-order valence-corrected chi connectivity index (χ3v) is 6.17. The third-order valence-electron chi connectivity index (χ3n) is 5.01. The molecule has 11 heteroatoms. The van der Waals surface area contributed by atoms with E-state index in [1.54, 1.807) is 6.92 Å². The summed E-state index contributed by atoms with van der Waals surface area (Å²) in [4.78, 5) is 25.7. The molecular weight excluding hydrogens is 400 g/mol. The van der Waals surface area contributed by atoms with Crippen LogP contribution in [0, 0.1) is 10.1 Å². The molecule has 0 unspecified atom stereocenters. The van der Waals surface area contributed by atoms with E-state index < -0.39 is 26.9 Å². The normalized spacial score (nSPS) is 16.8. The number of nitrogens with zero attached hydrogens (tertiary/aromatic N) is 3. The fourth-order valence-electron chi connectivity index (χ4n) is 3.45. The van der Waals surface area contributed by atoms with E-state index in [0.717, 1.165) is 42.6 Å². The van der Waals surface area contributed by atoms with Crippen LogP contribution in [-0.4, -0.2) is 69.7 Å². The summed E-state index contributed by atoms with van der Waals surface area (Å²) in [5, 5.41) is 14.1. The molecule has 162 valence electrons. The molecule has 1 aliphatic heterocycles. The first-order chi connectivity index (χ1) is 13.6. The van der Waals surface area contributed by atoms with Crippen LogP contribution in [0.5, 0.6) is 5.75 Å². The van der Waals surface area contributed by atoms with Gasteiger partial charge in [-0.15, -0.1) is 0 Å². The number of piperidine rings is 1. The van der Waals surface area contributed by atoms with Crippen LogP contribution in [0.25, 0.3) is 0 Å². The van der Waals surface area contributed by atoms with Crippen LogP contribution in [0.15, 0.2) is 18.2 Å². The number of amides is 1. The summed E-state index contributed by atoms with van der Waals surface area (Å²) < 4.78 is 31.4. The second kappa shape index (κ2) is 9.40. The van der Waals surface area contributed by atoms with Crippen LogP contribution in [0.1, 0.15) is 26.2 Å². The maximum absolute atomic E-state index is 13.0. The van der Waals surface area contributed by atoms with Crippen molar-refractivity contribution in [2.24, 2.45) is 0 Å². The zero-order chi connectivity index (χ0) is 21.8. The molecule has 0 bridgehead atoms. The Bertz CT molecular complexity index is 852. The number of non-ortho nitro benzene ring substituents is 1. The van der Waals surface area contributed by atoms with Gasteiger partial charge in [-0.2, -0.15) is 0 Å². The molecule has 1 aliphatic rings. The van der Waals surface area contributed by atoms with Crippen molar-refractivity contribution in [1.82, 2.24) is 10.2 Å². The molecule has 1 aromatic carbocycles. The first-order valence-electron chi connectivity index (χ1n) is 9.39. The zero-order valence-corrected chi connectivity index (χ0v) is 17.9. The maximum Gasteiger partial charge on any atom is 0.271 e. The van der Waals surface area contributed by atoms with E-state index in [1.165, 1.54) is 19.2 Å². The Labute approximate surface area is 171 Å². The Morgan fingerprint density at radius 3 is 2.52 bits per heavy atom. The van der Waals surface area contributed by atoms with Gasteiger partial charge in [0, 0.05) is 18.2 Å². The van der Waals surface area contributed by atoms with Gasteiger partial charge < -0.3 is 15.0 Å². The molecule has 1 heterocycles. The summed E-state index contributed by atoms with van der Waals surface area (Å²) in [5.74, 6) is -0.299. The van der Waals surface area contributed by atoms with Crippen LogP contribution in [0.4, 0.5) is 11.4 Å². The van der Waals surface area contributed by atoms with Crippen molar-refractivity contribution in [3.05, 3.63) is 28.3 Å². The van der Waals surface area contributed by atoms with Gasteiger partial charge in [-0.1, -0.05) is 6.92 Å². The highest BCUT2D eigenvalue weighted by molar-refractivity contribution is 7.92. The van der Waals surface area contributed by atoms with Crippen LogP contribution >= 0.6 is 0 Å². The number of nitrogens with one attached hydrogen (secondary N) is 1. The predicted octanol–water partition coefficient (Wildman–Crippen LogP) is 1.36. The zero-order valence-electron chi connectivity index (χ0n) is 17.1. The average Bonchev–Trinajstić information content (AvgIpc) is 2.66. The van der Waals surface area contributed by atoms with Gasteiger partial charge in [-0.05, 0) is 45.5 Å². The molecule has 1 fully saturated rings. The number of carbonyl (C=O) groups is 1. The number of sulfonamides is 1. The molecule has 0 spiro atoms. The van der Waals surface area contributed by atoms with Gasteiger partial charge in [0.2, 0.25) is 15.9 Å². The van der Waals surface area contributed by atoms with Crippen molar-refractivity contribution in [2.45, 2.75) is 38.3 Å². The Balaban J connectivity index is 2.41. The number of nitro benzene ring substituents is 1. The second-order valence-electron chi connectivity index (χ2n) is 7.18. The van der Waals surface area contributed by atoms with Crippen LogP contribution in [-0.2, 0) is 14.8 Å². The molecule has 0 saturated carbocycles. The molecule has 1 N–H and O–H groups in total. The fraction of sp³-hybridized carbons (Fsp3) is 0.611. The van der Waals surface area contributed by atoms with E-state index in [0.29, 0.717) is 0 Å². The van der Waals surface area contributed by atoms with Crippen molar-refractivity contribution in [2.75, 3.05) is 37.8 Å². The Hall–Kier alpha value is -2.40. The van der Waals surface area contributed by atoms with Gasteiger partial charge in [0.05, 0.1) is 18.3 Å². The number of rotatable bonds is 8. The smallest absolute Gasteiger partial charge is 0.271 e. The maximum atomic E-state index is 13.0. The molecule has 10 nitrogen and oxygen atoms in total. The number of nitro groups is 1. The largest absolute Gasteiger partial charge is 0.495 e. The highest BCUT2D eigenvalue weighted by Gasteiger charge is 2.35. The van der Waals surface area contributed by atoms with E-state index in [-0.39, 0.29) is 29.6 Å². The number of likely N-dealkylation sites (tertiary alicyclic amines) is 1. The summed E-state index contributed by atoms with van der Waals surface area (Å²) in [6, 6.07) is 2.57. The van der Waals surface area contributed by atoms with Crippen LogP contribution in [0.2, 0.25) is 0 Å². The van der Waals surface area contributed by atoms with E-state index in [9.17, 15) is 23.3 Å². The molecule has 29 heavy (non-hydrogen) atoms. The standard InChI is InChI=1S/C18H28N4O6S/c1-5-15(18(23)19-13-8-10-20(2)11-9-13)21(29(4,26)27)16-12-14(22(24)25)6-7-17(16)28-3/h6-7,12-13,15H,5,8-11H2,1-4H3,(H,19,23)/t15-/m0/s1. The summed E-state index contributed by atoms with van der Waals surface area (Å²) >= 11 is 0. The Kier molecular flexibility index (Phi) is 7.42. The Morgan fingerprint density at radius 1 is 1.41 bits per heavy atom. The second-order valence-corrected chi connectivity index (χ2v) is 9.04. The minimum atomic E-state index is -3.94. The number of ether oxygens (including phenoxy) is 1. The van der Waals surface area contributed by atoms with Crippen molar-refractivity contribution < 1.29 is 22.9 Å². The summed E-state index contributed by atoms with van der Waals surface area (Å²) in [5.41, 5.74) is -0.324. The molecule has 1 saturated heterocycles. The van der Waals surface area contributed by atoms with Gasteiger partial charge in [-0.25, -0.2) is 8.42 Å². The van der Waals surface area contributed by atoms with Crippen LogP contribution in [0.3, 0.4) is 0 Å². The number of carbonyl (C=O) groups excluding carboxylic acids is 1. The monoisotopic (exact) mass is 428 g/mol. The van der Waals surface area contributed by atoms with Crippen molar-refractivity contribution in [3.63, 3.8) is 0 Å². The van der Waals surface area contributed by atoms with Crippen molar-refractivity contribution in [1.29, 1.82) is 0 Å². The first-order valence-corrected chi connectivity index (χ1v) is 11.2. The summed E-state index contributed by atoms with van der Waals surface area (Å²) in [6.45, 7) is 3.38. The van der Waals surface area contributed by atoms with Crippen LogP contribution < -0.4 is 14.4 Å². The molecule has 1 atom stereocenters. The fourth-order valence-corrected chi connectivity index (χ4v) is 4.66. The third kappa shape index (κ3) is 5.57. The quantitative estimate of drug-likeness (QED) is 0.490. The number of hydrogen-bond acceptors (Lipinski definition) is 7. The van der Waals surface area contributed by atoms with E-state index in [2.05, 4.69) is 10.2 Å².